The summed E-state index contributed by atoms with van der Waals surface area (Å²) in [4.78, 5) is 27.3. The minimum Gasteiger partial charge on any atom is -0.396 e. The van der Waals surface area contributed by atoms with E-state index in [0.717, 1.165) is 17.8 Å². The van der Waals surface area contributed by atoms with Crippen molar-refractivity contribution in [2.24, 2.45) is 0 Å². The molecule has 3 heterocycles. The van der Waals surface area contributed by atoms with Gasteiger partial charge in [0, 0.05) is 37.0 Å². The van der Waals surface area contributed by atoms with E-state index in [9.17, 15) is 9.18 Å². The summed E-state index contributed by atoms with van der Waals surface area (Å²) in [6, 6.07) is 10.9. The molecule has 2 aromatic heterocycles. The van der Waals surface area contributed by atoms with Gasteiger partial charge >= 0.3 is 6.03 Å². The van der Waals surface area contributed by atoms with Crippen LogP contribution in [0.2, 0.25) is 0 Å². The molecule has 1 aromatic carbocycles. The summed E-state index contributed by atoms with van der Waals surface area (Å²) < 4.78 is 13.1. The molecular formula is C20H19FN6O. The van der Waals surface area contributed by atoms with Gasteiger partial charge < -0.3 is 10.6 Å². The van der Waals surface area contributed by atoms with Gasteiger partial charge in [-0.25, -0.2) is 24.1 Å². The number of carbonyl (C=O) groups excluding carboxylic acids is 1. The van der Waals surface area contributed by atoms with Crippen molar-refractivity contribution < 1.29 is 9.18 Å². The first-order valence-electron chi connectivity index (χ1n) is 8.95. The third kappa shape index (κ3) is 3.75. The predicted octanol–water partition coefficient (Wildman–Crippen LogP) is 3.28. The van der Waals surface area contributed by atoms with E-state index in [0.29, 0.717) is 24.5 Å². The molecule has 0 radical (unpaired) electrons. The maximum Gasteiger partial charge on any atom is 0.323 e. The molecule has 8 heteroatoms. The molecule has 3 N–H and O–H groups in total. The SMILES string of the molecule is Nc1ccc(-c2ccc(F)cc2)nc1NC(=O)N1CC[C@@H](c2ncccn2)C1. The van der Waals surface area contributed by atoms with Crippen LogP contribution in [0.3, 0.4) is 0 Å². The average Bonchev–Trinajstić information content (AvgIpc) is 3.21. The van der Waals surface area contributed by atoms with Crippen molar-refractivity contribution in [3.05, 3.63) is 66.5 Å². The Labute approximate surface area is 161 Å². The zero-order valence-corrected chi connectivity index (χ0v) is 15.0. The Bertz CT molecular complexity index is 980. The van der Waals surface area contributed by atoms with Crippen LogP contribution in [0.25, 0.3) is 11.3 Å². The zero-order valence-electron chi connectivity index (χ0n) is 15.0. The summed E-state index contributed by atoms with van der Waals surface area (Å²) >= 11 is 0. The number of hydrogen-bond donors (Lipinski definition) is 2. The van der Waals surface area contributed by atoms with Crippen LogP contribution in [0.5, 0.6) is 0 Å². The van der Waals surface area contributed by atoms with Crippen LogP contribution in [0.15, 0.2) is 54.9 Å². The molecule has 142 valence electrons. The first kappa shape index (κ1) is 17.8. The standard InChI is InChI=1S/C20H19FN6O/c21-15-4-2-13(3-5-15)17-7-6-16(22)19(25-17)26-20(28)27-11-8-14(12-27)18-23-9-1-10-24-18/h1-7,9-10,14H,8,11-12,22H2,(H,25,26,28)/t14-/m1/s1. The Balaban J connectivity index is 1.47. The minimum atomic E-state index is -0.321. The van der Waals surface area contributed by atoms with E-state index in [2.05, 4.69) is 20.3 Å². The van der Waals surface area contributed by atoms with E-state index in [1.807, 2.05) is 0 Å². The summed E-state index contributed by atoms with van der Waals surface area (Å²) in [5, 5.41) is 2.78. The van der Waals surface area contributed by atoms with Crippen molar-refractivity contribution in [2.75, 3.05) is 24.1 Å². The highest BCUT2D eigenvalue weighted by Crippen LogP contribution is 2.27. The Morgan fingerprint density at radius 1 is 1.14 bits per heavy atom. The molecule has 1 fully saturated rings. The van der Waals surface area contributed by atoms with Crippen molar-refractivity contribution in [2.45, 2.75) is 12.3 Å². The largest absolute Gasteiger partial charge is 0.396 e. The van der Waals surface area contributed by atoms with Crippen LogP contribution < -0.4 is 11.1 Å². The lowest BCUT2D eigenvalue weighted by atomic mass is 10.1. The van der Waals surface area contributed by atoms with Crippen molar-refractivity contribution in [3.63, 3.8) is 0 Å². The molecule has 0 saturated carbocycles. The van der Waals surface area contributed by atoms with Gasteiger partial charge in [0.2, 0.25) is 0 Å². The van der Waals surface area contributed by atoms with Gasteiger partial charge in [-0.2, -0.15) is 0 Å². The number of carbonyl (C=O) groups is 1. The first-order valence-corrected chi connectivity index (χ1v) is 8.95. The molecule has 1 saturated heterocycles. The average molecular weight is 378 g/mol. The molecule has 1 aliphatic heterocycles. The second-order valence-electron chi connectivity index (χ2n) is 6.61. The van der Waals surface area contributed by atoms with Gasteiger partial charge in [-0.15, -0.1) is 0 Å². The summed E-state index contributed by atoms with van der Waals surface area (Å²) in [6.07, 6.45) is 4.21. The fourth-order valence-electron chi connectivity index (χ4n) is 3.21. The number of nitrogens with one attached hydrogen (secondary N) is 1. The molecule has 2 amide bonds. The number of amides is 2. The second-order valence-corrected chi connectivity index (χ2v) is 6.61. The fraction of sp³-hybridized carbons (Fsp3) is 0.200. The topological polar surface area (TPSA) is 97.0 Å². The third-order valence-electron chi connectivity index (χ3n) is 4.72. The zero-order chi connectivity index (χ0) is 19.5. The summed E-state index contributed by atoms with van der Waals surface area (Å²) in [7, 11) is 0. The molecule has 4 rings (SSSR count). The normalized spacial score (nSPS) is 16.2. The quantitative estimate of drug-likeness (QED) is 0.729. The number of benzene rings is 1. The lowest BCUT2D eigenvalue weighted by Crippen LogP contribution is -2.33. The second kappa shape index (κ2) is 7.59. The lowest BCUT2D eigenvalue weighted by Gasteiger charge is -2.18. The number of halogens is 1. The van der Waals surface area contributed by atoms with E-state index >= 15 is 0 Å². The first-order chi connectivity index (χ1) is 13.6. The van der Waals surface area contributed by atoms with E-state index in [-0.39, 0.29) is 23.6 Å². The lowest BCUT2D eigenvalue weighted by molar-refractivity contribution is 0.222. The van der Waals surface area contributed by atoms with E-state index in [1.54, 1.807) is 47.6 Å². The van der Waals surface area contributed by atoms with Crippen LogP contribution in [0.1, 0.15) is 18.2 Å². The molecule has 0 bridgehead atoms. The molecule has 7 nitrogen and oxygen atoms in total. The number of anilines is 2. The van der Waals surface area contributed by atoms with E-state index in [1.165, 1.54) is 12.1 Å². The Morgan fingerprint density at radius 2 is 1.89 bits per heavy atom. The highest BCUT2D eigenvalue weighted by Gasteiger charge is 2.29. The number of urea groups is 1. The Kier molecular flexibility index (Phi) is 4.84. The van der Waals surface area contributed by atoms with Gasteiger partial charge in [-0.1, -0.05) is 0 Å². The highest BCUT2D eigenvalue weighted by atomic mass is 19.1. The number of rotatable bonds is 3. The van der Waals surface area contributed by atoms with Crippen molar-refractivity contribution in [1.82, 2.24) is 19.9 Å². The number of nitrogen functional groups attached to an aromatic ring is 1. The molecule has 0 aliphatic carbocycles. The van der Waals surface area contributed by atoms with Crippen LogP contribution in [0.4, 0.5) is 20.7 Å². The molecular weight excluding hydrogens is 359 g/mol. The van der Waals surface area contributed by atoms with E-state index in [4.69, 9.17) is 5.73 Å². The predicted molar refractivity (Wildman–Crippen MR) is 104 cm³/mol. The van der Waals surface area contributed by atoms with Crippen molar-refractivity contribution >= 4 is 17.5 Å². The molecule has 0 unspecified atom stereocenters. The van der Waals surface area contributed by atoms with Crippen molar-refractivity contribution in [3.8, 4) is 11.3 Å². The molecule has 0 spiro atoms. The third-order valence-corrected chi connectivity index (χ3v) is 4.72. The van der Waals surface area contributed by atoms with Gasteiger partial charge in [-0.3, -0.25) is 5.32 Å². The smallest absolute Gasteiger partial charge is 0.323 e. The molecule has 1 atom stereocenters. The van der Waals surface area contributed by atoms with Crippen LogP contribution >= 0.6 is 0 Å². The maximum atomic E-state index is 13.1. The summed E-state index contributed by atoms with van der Waals surface area (Å²) in [5.74, 6) is 0.821. The van der Waals surface area contributed by atoms with Crippen LogP contribution in [0, 0.1) is 5.82 Å². The summed E-state index contributed by atoms with van der Waals surface area (Å²) in [6.45, 7) is 1.14. The van der Waals surface area contributed by atoms with Gasteiger partial charge in [0.05, 0.1) is 11.4 Å². The van der Waals surface area contributed by atoms with Crippen LogP contribution in [-0.2, 0) is 0 Å². The highest BCUT2D eigenvalue weighted by molar-refractivity contribution is 5.92. The maximum absolute atomic E-state index is 13.1. The molecule has 1 aliphatic rings. The van der Waals surface area contributed by atoms with Gasteiger partial charge in [0.1, 0.15) is 11.6 Å². The molecule has 28 heavy (non-hydrogen) atoms. The number of hydrogen-bond acceptors (Lipinski definition) is 5. The monoisotopic (exact) mass is 378 g/mol. The Morgan fingerprint density at radius 3 is 2.64 bits per heavy atom. The van der Waals surface area contributed by atoms with E-state index < -0.39 is 0 Å². The van der Waals surface area contributed by atoms with Gasteiger partial charge in [-0.05, 0) is 48.9 Å². The van der Waals surface area contributed by atoms with Gasteiger partial charge in [0.15, 0.2) is 5.82 Å². The number of likely N-dealkylation sites (tertiary alicyclic amines) is 1. The molecule has 3 aromatic rings. The Hall–Kier alpha value is -3.55. The van der Waals surface area contributed by atoms with Crippen molar-refractivity contribution in [1.29, 1.82) is 0 Å². The van der Waals surface area contributed by atoms with Crippen LogP contribution in [-0.4, -0.2) is 39.0 Å². The van der Waals surface area contributed by atoms with Gasteiger partial charge in [0.25, 0.3) is 0 Å². The number of nitrogens with zero attached hydrogens (tertiary/aromatic N) is 4. The number of pyridine rings is 1. The fourth-order valence-corrected chi connectivity index (χ4v) is 3.21. The minimum absolute atomic E-state index is 0.114. The number of aromatic nitrogens is 3. The summed E-state index contributed by atoms with van der Waals surface area (Å²) in [5.41, 5.74) is 7.68. The number of nitrogens with two attached hydrogens (primary N) is 1.